The van der Waals surface area contributed by atoms with Gasteiger partial charge >= 0.3 is 0 Å². The number of rotatable bonds is 7. The van der Waals surface area contributed by atoms with Crippen LogP contribution in [0.25, 0.3) is 0 Å². The summed E-state index contributed by atoms with van der Waals surface area (Å²) in [5.74, 6) is 36.5. The van der Waals surface area contributed by atoms with Gasteiger partial charge in [0, 0.05) is 104 Å². The molecule has 1 atom stereocenters. The van der Waals surface area contributed by atoms with Crippen LogP contribution in [0, 0.1) is 151 Å². The number of benzene rings is 3. The second-order valence-corrected chi connectivity index (χ2v) is 11.8. The molecule has 1 radical (unpaired) electrons. The Morgan fingerprint density at radius 3 is 1.98 bits per heavy atom. The number of anilines is 3. The first-order valence-electron chi connectivity index (χ1n) is 14.6. The van der Waals surface area contributed by atoms with Gasteiger partial charge in [0.05, 0.1) is 21.3 Å². The third-order valence-electron chi connectivity index (χ3n) is 6.43. The maximum absolute atomic E-state index is 13.2. The summed E-state index contributed by atoms with van der Waals surface area (Å²) in [6.07, 6.45) is 5.70. The molecule has 0 aliphatic carbocycles. The number of hydrogen-bond donors (Lipinski definition) is 3. The zero-order valence-electron chi connectivity index (χ0n) is 27.2. The number of aliphatic hydroxyl groups is 1. The van der Waals surface area contributed by atoms with Crippen molar-refractivity contribution in [2.24, 2.45) is 0 Å². The molecule has 0 bridgehead atoms. The van der Waals surface area contributed by atoms with Gasteiger partial charge in [-0.05, 0) is 95.7 Å². The van der Waals surface area contributed by atoms with Gasteiger partial charge in [0.2, 0.25) is 6.10 Å². The molecule has 1 unspecified atom stereocenters. The van der Waals surface area contributed by atoms with Crippen molar-refractivity contribution in [1.82, 2.24) is 0 Å². The number of carbonyl (C=O) groups excluding carboxylic acids is 2. The summed E-state index contributed by atoms with van der Waals surface area (Å²) in [4.78, 5) is 27.3. The number of para-hydroxylation sites is 2. The number of nitrogens with zero attached hydrogens (tertiary/aromatic N) is 1. The molecule has 0 saturated carbocycles. The summed E-state index contributed by atoms with van der Waals surface area (Å²) in [6.45, 7) is 0.275. The molecule has 12 heteroatoms. The number of hydrogen-bond acceptors (Lipinski definition) is 6. The summed E-state index contributed by atoms with van der Waals surface area (Å²) in [6, 6.07) is 16.8. The van der Waals surface area contributed by atoms with Crippen LogP contribution in [0.4, 0.5) is 17.1 Å². The summed E-state index contributed by atoms with van der Waals surface area (Å²) < 4.78 is 34.3. The molecule has 1 heterocycles. The van der Waals surface area contributed by atoms with E-state index in [1.54, 1.807) is 24.3 Å². The normalized spacial score (nSPS) is 10.2. The molecular formula is C41H20AcClN3O6S. The number of sulfonamides is 1. The fourth-order valence-corrected chi connectivity index (χ4v) is 5.53. The van der Waals surface area contributed by atoms with Crippen molar-refractivity contribution >= 4 is 50.5 Å². The van der Waals surface area contributed by atoms with Gasteiger partial charge in [-0.2, -0.15) is 0 Å². The zero-order valence-corrected chi connectivity index (χ0v) is 33.5. The Morgan fingerprint density at radius 1 is 0.792 bits per heavy atom. The minimum atomic E-state index is -4.24. The molecule has 1 aliphatic rings. The van der Waals surface area contributed by atoms with Crippen LogP contribution in [0.1, 0.15) is 5.56 Å². The number of ether oxygens (including phenoxy) is 1. The Hall–Kier alpha value is -6.12. The zero-order chi connectivity index (χ0) is 37.2. The van der Waals surface area contributed by atoms with E-state index >= 15 is 0 Å². The minimum Gasteiger partial charge on any atom is -0.404 e. The van der Waals surface area contributed by atoms with Crippen LogP contribution < -0.4 is 19.7 Å². The van der Waals surface area contributed by atoms with Crippen LogP contribution in [0.15, 0.2) is 71.6 Å². The fraction of sp³-hybridized carbons (Fsp3) is 0.0732. The molecular weight excluding hydrogens is 925 g/mol. The predicted octanol–water partition coefficient (Wildman–Crippen LogP) is 3.03. The molecule has 251 valence electrons. The smallest absolute Gasteiger partial charge is 0.265 e. The average Bonchev–Trinajstić information content (AvgIpc) is 3.58. The molecule has 3 aromatic rings. The van der Waals surface area contributed by atoms with Gasteiger partial charge in [-0.15, -0.1) is 6.42 Å². The van der Waals surface area contributed by atoms with E-state index < -0.39 is 27.9 Å². The Morgan fingerprint density at radius 2 is 1.36 bits per heavy atom. The van der Waals surface area contributed by atoms with E-state index in [0.29, 0.717) is 12.1 Å². The fourth-order valence-electron chi connectivity index (χ4n) is 4.19. The van der Waals surface area contributed by atoms with Gasteiger partial charge < -0.3 is 20.1 Å². The summed E-state index contributed by atoms with van der Waals surface area (Å²) in [7, 11) is -4.24. The summed E-state index contributed by atoms with van der Waals surface area (Å²) >= 11 is 6.13. The van der Waals surface area contributed by atoms with Crippen LogP contribution >= 0.6 is 11.6 Å². The van der Waals surface area contributed by atoms with Gasteiger partial charge in [0.15, 0.2) is 5.75 Å². The third kappa shape index (κ3) is 12.6. The summed E-state index contributed by atoms with van der Waals surface area (Å²) in [5.41, 5.74) is 1.38. The molecule has 0 aromatic heterocycles. The molecule has 0 spiro atoms. The van der Waals surface area contributed by atoms with Gasteiger partial charge in [0.25, 0.3) is 21.8 Å². The number of nitrogens with one attached hydrogen (secondary N) is 2. The summed E-state index contributed by atoms with van der Waals surface area (Å²) in [5, 5.41) is 13.3. The van der Waals surface area contributed by atoms with Gasteiger partial charge in [0.1, 0.15) is 6.11 Å². The molecule has 2 amide bonds. The van der Waals surface area contributed by atoms with Crippen LogP contribution in [0.2, 0.25) is 5.02 Å². The minimum absolute atomic E-state index is 0. The van der Waals surface area contributed by atoms with E-state index in [1.165, 1.54) is 29.2 Å². The largest absolute Gasteiger partial charge is 0.404 e. The van der Waals surface area contributed by atoms with Crippen molar-refractivity contribution in [1.29, 1.82) is 0 Å². The van der Waals surface area contributed by atoms with E-state index in [1.807, 2.05) is 12.1 Å². The number of fused-ring (bicyclic) bond motifs is 1. The maximum atomic E-state index is 13.2. The van der Waals surface area contributed by atoms with Crippen molar-refractivity contribution in [3.05, 3.63) is 77.3 Å². The van der Waals surface area contributed by atoms with Gasteiger partial charge in [-0.25, -0.2) is 8.42 Å². The molecule has 53 heavy (non-hydrogen) atoms. The standard InChI is InChI=1S/C41H20ClN3O6S.Ac/c1-2-3-4-5-6-7-8-9-10-11-12-13-14-15-16-21-30-51-38-27-26-33(52(49,50)44-35-24-19-18-23-34(35)42)31-36(38)43-40(47)39(46)41(48)45-29-28-32-22-17-20-25-37(32)45;/h1,17-20,22-27,31,39,44,46H,28-29H2,(H,43,47);. The first-order chi connectivity index (χ1) is 25.2. The predicted molar refractivity (Wildman–Crippen MR) is 198 cm³/mol. The van der Waals surface area contributed by atoms with E-state index in [0.717, 1.165) is 11.6 Å². The third-order valence-corrected chi connectivity index (χ3v) is 8.12. The Bertz CT molecular complexity index is 2630. The first-order valence-corrected chi connectivity index (χ1v) is 16.5. The van der Waals surface area contributed by atoms with E-state index in [4.69, 9.17) is 22.8 Å². The van der Waals surface area contributed by atoms with Crippen LogP contribution in [0.5, 0.6) is 5.75 Å². The number of amides is 2. The Kier molecular flexibility index (Phi) is 16.6. The molecule has 0 saturated heterocycles. The van der Waals surface area contributed by atoms with E-state index in [2.05, 4.69) is 111 Å². The van der Waals surface area contributed by atoms with Crippen molar-refractivity contribution in [3.8, 4) is 113 Å². The SMILES string of the molecule is C#CC#CC#CC#CC#CC#CC#CC#CC#COc1ccc(S(=O)(=O)Nc2ccccc2Cl)cc1NC(=O)C(O)C(=O)N1CCc2ccccc21.[Ac]. The van der Waals surface area contributed by atoms with Crippen LogP contribution in [-0.4, -0.2) is 38.0 Å². The number of terminal acetylenes is 1. The van der Waals surface area contributed by atoms with Crippen molar-refractivity contribution in [3.63, 3.8) is 0 Å². The quantitative estimate of drug-likeness (QED) is 0.248. The molecule has 3 N–H and O–H groups in total. The Labute approximate surface area is 348 Å². The van der Waals surface area contributed by atoms with Crippen molar-refractivity contribution < 1.29 is 71.9 Å². The number of aliphatic hydroxyl groups excluding tert-OH is 1. The monoisotopic (exact) mass is 944 g/mol. The van der Waals surface area contributed by atoms with Crippen molar-refractivity contribution in [2.45, 2.75) is 17.4 Å². The number of carbonyl (C=O) groups is 2. The van der Waals surface area contributed by atoms with Crippen LogP contribution in [0.3, 0.4) is 0 Å². The number of halogens is 1. The second-order valence-electron chi connectivity index (χ2n) is 9.73. The second kappa shape index (κ2) is 21.3. The van der Waals surface area contributed by atoms with E-state index in [-0.39, 0.29) is 77.6 Å². The first kappa shape index (κ1) is 41.3. The average molecular weight is 945 g/mol. The molecule has 3 aromatic carbocycles. The van der Waals surface area contributed by atoms with Gasteiger partial charge in [-0.1, -0.05) is 41.9 Å². The topological polar surface area (TPSA) is 125 Å². The molecule has 4 rings (SSSR count). The van der Waals surface area contributed by atoms with Crippen molar-refractivity contribution in [2.75, 3.05) is 21.5 Å². The van der Waals surface area contributed by atoms with E-state index in [9.17, 15) is 23.1 Å². The molecule has 0 fully saturated rings. The van der Waals surface area contributed by atoms with Gasteiger partial charge in [-0.3, -0.25) is 14.3 Å². The molecule has 9 nitrogen and oxygen atoms in total. The van der Waals surface area contributed by atoms with Crippen LogP contribution in [-0.2, 0) is 26.0 Å². The Balaban J connectivity index is 0.00000756. The molecule has 1 aliphatic heterocycles. The maximum Gasteiger partial charge on any atom is 0.265 e.